The fourth-order valence-corrected chi connectivity index (χ4v) is 3.65. The number of halogens is 1. The van der Waals surface area contributed by atoms with E-state index in [2.05, 4.69) is 15.9 Å². The van der Waals surface area contributed by atoms with Gasteiger partial charge in [0.2, 0.25) is 5.91 Å². The van der Waals surface area contributed by atoms with E-state index in [4.69, 9.17) is 4.74 Å². The van der Waals surface area contributed by atoms with Gasteiger partial charge >= 0.3 is 5.97 Å². The van der Waals surface area contributed by atoms with E-state index in [0.717, 1.165) is 22.9 Å². The number of carbonyl (C=O) groups is 2. The fraction of sp³-hybridized carbons (Fsp3) is 0.556. The van der Waals surface area contributed by atoms with Crippen molar-refractivity contribution in [2.45, 2.75) is 38.1 Å². The molecule has 1 aromatic carbocycles. The summed E-state index contributed by atoms with van der Waals surface area (Å²) in [6.07, 6.45) is 3.43. The maximum atomic E-state index is 13.0. The number of ether oxygens (including phenoxy) is 1. The zero-order chi connectivity index (χ0) is 17.5. The van der Waals surface area contributed by atoms with Crippen LogP contribution in [0.1, 0.15) is 31.2 Å². The third-order valence-electron chi connectivity index (χ3n) is 4.46. The largest absolute Gasteiger partial charge is 0.480 e. The van der Waals surface area contributed by atoms with Crippen molar-refractivity contribution in [2.24, 2.45) is 5.92 Å². The minimum absolute atomic E-state index is 0.0703. The average Bonchev–Trinajstić information content (AvgIpc) is 2.58. The molecular formula is C18H24BrNO4. The molecule has 5 nitrogen and oxygen atoms in total. The molecule has 1 fully saturated rings. The van der Waals surface area contributed by atoms with Crippen molar-refractivity contribution < 1.29 is 19.4 Å². The highest BCUT2D eigenvalue weighted by Gasteiger charge is 2.35. The second kappa shape index (κ2) is 9.18. The summed E-state index contributed by atoms with van der Waals surface area (Å²) in [6, 6.07) is 7.18. The molecule has 0 bridgehead atoms. The average molecular weight is 398 g/mol. The van der Waals surface area contributed by atoms with Gasteiger partial charge in [0, 0.05) is 30.7 Å². The molecule has 0 aliphatic carbocycles. The van der Waals surface area contributed by atoms with Crippen LogP contribution in [0.3, 0.4) is 0 Å². The van der Waals surface area contributed by atoms with Crippen LogP contribution >= 0.6 is 15.9 Å². The molecule has 24 heavy (non-hydrogen) atoms. The summed E-state index contributed by atoms with van der Waals surface area (Å²) in [5.74, 6) is -1.24. The second-order valence-electron chi connectivity index (χ2n) is 6.19. The predicted octanol–water partition coefficient (Wildman–Crippen LogP) is 3.11. The number of carboxylic acids is 1. The minimum Gasteiger partial charge on any atom is -0.480 e. The van der Waals surface area contributed by atoms with E-state index in [1.165, 1.54) is 0 Å². The molecule has 2 atom stereocenters. The van der Waals surface area contributed by atoms with E-state index in [9.17, 15) is 14.7 Å². The van der Waals surface area contributed by atoms with Crippen molar-refractivity contribution >= 4 is 27.8 Å². The van der Waals surface area contributed by atoms with Gasteiger partial charge in [0.25, 0.3) is 0 Å². The van der Waals surface area contributed by atoms with Crippen LogP contribution < -0.4 is 0 Å². The summed E-state index contributed by atoms with van der Waals surface area (Å²) in [7, 11) is 1.61. The minimum atomic E-state index is -0.906. The summed E-state index contributed by atoms with van der Waals surface area (Å²) in [6.45, 7) is 1.01. The number of nitrogens with zero attached hydrogens (tertiary/aromatic N) is 1. The van der Waals surface area contributed by atoms with Crippen molar-refractivity contribution in [1.29, 1.82) is 0 Å². The van der Waals surface area contributed by atoms with Crippen LogP contribution in [0.2, 0.25) is 0 Å². The molecule has 1 heterocycles. The maximum Gasteiger partial charge on any atom is 0.326 e. The smallest absolute Gasteiger partial charge is 0.326 e. The topological polar surface area (TPSA) is 66.8 Å². The van der Waals surface area contributed by atoms with Crippen LogP contribution in [-0.2, 0) is 20.7 Å². The van der Waals surface area contributed by atoms with E-state index in [0.29, 0.717) is 32.4 Å². The van der Waals surface area contributed by atoms with Gasteiger partial charge in [-0.1, -0.05) is 28.1 Å². The number of hydrogen-bond donors (Lipinski definition) is 1. The highest BCUT2D eigenvalue weighted by molar-refractivity contribution is 9.10. The van der Waals surface area contributed by atoms with Crippen LogP contribution in [0, 0.1) is 5.92 Å². The molecule has 1 aliphatic heterocycles. The number of piperidine rings is 1. The van der Waals surface area contributed by atoms with Gasteiger partial charge in [0.05, 0.1) is 0 Å². The lowest BCUT2D eigenvalue weighted by atomic mass is 9.92. The number of carbonyl (C=O) groups excluding carboxylic acids is 1. The highest BCUT2D eigenvalue weighted by atomic mass is 79.9. The highest BCUT2D eigenvalue weighted by Crippen LogP contribution is 2.24. The van der Waals surface area contributed by atoms with Crippen molar-refractivity contribution in [1.82, 2.24) is 4.90 Å². The van der Waals surface area contributed by atoms with Gasteiger partial charge < -0.3 is 14.7 Å². The van der Waals surface area contributed by atoms with E-state index in [-0.39, 0.29) is 11.8 Å². The number of likely N-dealkylation sites (tertiary alicyclic amines) is 1. The lowest BCUT2D eigenvalue weighted by molar-refractivity contribution is -0.154. The maximum absolute atomic E-state index is 13.0. The van der Waals surface area contributed by atoms with Gasteiger partial charge in [-0.15, -0.1) is 0 Å². The molecule has 1 aliphatic rings. The van der Waals surface area contributed by atoms with Gasteiger partial charge in [-0.2, -0.15) is 0 Å². The Morgan fingerprint density at radius 3 is 2.88 bits per heavy atom. The van der Waals surface area contributed by atoms with Crippen molar-refractivity contribution in [3.63, 3.8) is 0 Å². The first-order valence-electron chi connectivity index (χ1n) is 8.29. The molecule has 2 rings (SSSR count). The lowest BCUT2D eigenvalue weighted by Gasteiger charge is -2.35. The van der Waals surface area contributed by atoms with Gasteiger partial charge in [0.1, 0.15) is 6.04 Å². The van der Waals surface area contributed by atoms with Gasteiger partial charge in [0.15, 0.2) is 0 Å². The molecule has 0 saturated carbocycles. The van der Waals surface area contributed by atoms with Crippen LogP contribution in [0.4, 0.5) is 0 Å². The number of rotatable bonds is 7. The first-order chi connectivity index (χ1) is 11.5. The summed E-state index contributed by atoms with van der Waals surface area (Å²) in [5, 5.41) is 9.42. The normalized spacial score (nSPS) is 19.1. The lowest BCUT2D eigenvalue weighted by Crippen LogP contribution is -2.50. The van der Waals surface area contributed by atoms with Crippen LogP contribution in [0.15, 0.2) is 28.7 Å². The summed E-state index contributed by atoms with van der Waals surface area (Å²) in [4.78, 5) is 26.0. The molecule has 1 amide bonds. The Morgan fingerprint density at radius 2 is 2.21 bits per heavy atom. The van der Waals surface area contributed by atoms with Gasteiger partial charge in [-0.25, -0.2) is 4.79 Å². The summed E-state index contributed by atoms with van der Waals surface area (Å²) < 4.78 is 6.12. The Morgan fingerprint density at radius 1 is 1.42 bits per heavy atom. The molecule has 1 N–H and O–H groups in total. The molecule has 1 saturated heterocycles. The fourth-order valence-electron chi connectivity index (χ4n) is 3.21. The van der Waals surface area contributed by atoms with Crippen LogP contribution in [-0.4, -0.2) is 48.2 Å². The van der Waals surface area contributed by atoms with Crippen LogP contribution in [0.25, 0.3) is 0 Å². The number of hydrogen-bond acceptors (Lipinski definition) is 3. The van der Waals surface area contributed by atoms with Gasteiger partial charge in [-0.05, 0) is 49.8 Å². The molecule has 132 valence electrons. The molecule has 1 aromatic rings. The molecule has 1 unspecified atom stereocenters. The zero-order valence-electron chi connectivity index (χ0n) is 13.9. The van der Waals surface area contributed by atoms with E-state index in [1.54, 1.807) is 12.0 Å². The summed E-state index contributed by atoms with van der Waals surface area (Å²) >= 11 is 3.45. The number of carboxylic acid groups (broad SMARTS) is 1. The van der Waals surface area contributed by atoms with Crippen LogP contribution in [0.5, 0.6) is 0 Å². The Kier molecular flexibility index (Phi) is 7.24. The first kappa shape index (κ1) is 18.9. The Hall–Kier alpha value is -1.40. The number of amides is 1. The molecule has 6 heteroatoms. The standard InChI is InChI=1S/C18H24BrNO4/c1-24-10-8-14(11-13-5-4-6-15(19)12-13)17(21)20-9-3-2-7-16(20)18(22)23/h4-6,12,14,16H,2-3,7-11H2,1H3,(H,22,23)/t14?,16-/m1/s1. The first-order valence-corrected chi connectivity index (χ1v) is 9.09. The van der Waals surface area contributed by atoms with Crippen molar-refractivity contribution in [2.75, 3.05) is 20.3 Å². The predicted molar refractivity (Wildman–Crippen MR) is 94.8 cm³/mol. The van der Waals surface area contributed by atoms with Crippen molar-refractivity contribution in [3.05, 3.63) is 34.3 Å². The second-order valence-corrected chi connectivity index (χ2v) is 7.11. The molecule has 0 spiro atoms. The van der Waals surface area contributed by atoms with Gasteiger partial charge in [-0.3, -0.25) is 4.79 Å². The molecular weight excluding hydrogens is 374 g/mol. The zero-order valence-corrected chi connectivity index (χ0v) is 15.5. The molecule has 0 aromatic heterocycles. The quantitative estimate of drug-likeness (QED) is 0.767. The molecule has 0 radical (unpaired) electrons. The Balaban J connectivity index is 2.15. The van der Waals surface area contributed by atoms with Crippen molar-refractivity contribution in [3.8, 4) is 0 Å². The number of aliphatic carboxylic acids is 1. The SMILES string of the molecule is COCCC(Cc1cccc(Br)c1)C(=O)N1CCCC[C@@H]1C(=O)O. The number of benzene rings is 1. The summed E-state index contributed by atoms with van der Waals surface area (Å²) in [5.41, 5.74) is 1.06. The Bertz CT molecular complexity index is 578. The Labute approximate surface area is 151 Å². The third-order valence-corrected chi connectivity index (χ3v) is 4.95. The van der Waals surface area contributed by atoms with E-state index < -0.39 is 12.0 Å². The number of methoxy groups -OCH3 is 1. The van der Waals surface area contributed by atoms with E-state index >= 15 is 0 Å². The third kappa shape index (κ3) is 5.05. The monoisotopic (exact) mass is 397 g/mol. The van der Waals surface area contributed by atoms with E-state index in [1.807, 2.05) is 24.3 Å².